The molecule has 0 saturated heterocycles. The molecule has 0 saturated carbocycles. The van der Waals surface area contributed by atoms with Gasteiger partial charge in [-0.25, -0.2) is 9.97 Å². The smallest absolute Gasteiger partial charge is 0.183 e. The number of furan rings is 1. The van der Waals surface area contributed by atoms with Gasteiger partial charge in [0.2, 0.25) is 0 Å². The lowest BCUT2D eigenvalue weighted by Crippen LogP contribution is -1.97. The van der Waals surface area contributed by atoms with Crippen LogP contribution in [0.3, 0.4) is 0 Å². The van der Waals surface area contributed by atoms with E-state index >= 15 is 0 Å². The van der Waals surface area contributed by atoms with Crippen LogP contribution in [0.4, 0.5) is 5.13 Å². The van der Waals surface area contributed by atoms with Crippen LogP contribution in [-0.4, -0.2) is 14.4 Å². The molecule has 24 heavy (non-hydrogen) atoms. The van der Waals surface area contributed by atoms with Crippen LogP contribution in [0.25, 0.3) is 17.0 Å². The molecule has 0 spiro atoms. The van der Waals surface area contributed by atoms with Crippen LogP contribution in [0.1, 0.15) is 17.0 Å². The Balaban J connectivity index is 0.00000169. The van der Waals surface area contributed by atoms with Crippen molar-refractivity contribution in [2.24, 2.45) is 0 Å². The van der Waals surface area contributed by atoms with Crippen LogP contribution in [0.2, 0.25) is 0 Å². The fourth-order valence-corrected chi connectivity index (χ4v) is 3.31. The topological polar surface area (TPSA) is 55.4 Å². The summed E-state index contributed by atoms with van der Waals surface area (Å²) in [6.45, 7) is 4.72. The first kappa shape index (κ1) is 16.5. The van der Waals surface area contributed by atoms with E-state index in [1.54, 1.807) is 17.6 Å². The van der Waals surface area contributed by atoms with Gasteiger partial charge in [-0.3, -0.25) is 4.40 Å². The van der Waals surface area contributed by atoms with Crippen LogP contribution in [0.5, 0.6) is 0 Å². The highest BCUT2D eigenvalue weighted by Crippen LogP contribution is 2.28. The van der Waals surface area contributed by atoms with Gasteiger partial charge < -0.3 is 9.73 Å². The van der Waals surface area contributed by atoms with Crippen molar-refractivity contribution < 1.29 is 4.42 Å². The molecule has 124 valence electrons. The van der Waals surface area contributed by atoms with Crippen LogP contribution in [-0.2, 0) is 6.54 Å². The molecule has 0 unspecified atom stereocenters. The van der Waals surface area contributed by atoms with Crippen molar-refractivity contribution in [3.63, 3.8) is 0 Å². The van der Waals surface area contributed by atoms with E-state index in [0.29, 0.717) is 6.54 Å². The number of pyridine rings is 1. The number of nitrogens with one attached hydrogen (secondary N) is 1. The van der Waals surface area contributed by atoms with Gasteiger partial charge in [0.15, 0.2) is 5.13 Å². The van der Waals surface area contributed by atoms with Crippen LogP contribution >= 0.6 is 23.7 Å². The number of hydrogen-bond acceptors (Lipinski definition) is 5. The molecule has 0 atom stereocenters. The third kappa shape index (κ3) is 3.02. The number of aromatic nitrogens is 3. The minimum atomic E-state index is 0. The maximum absolute atomic E-state index is 5.32. The third-order valence-corrected chi connectivity index (χ3v) is 4.50. The van der Waals surface area contributed by atoms with E-state index in [4.69, 9.17) is 9.40 Å². The summed E-state index contributed by atoms with van der Waals surface area (Å²) >= 11 is 1.59. The van der Waals surface area contributed by atoms with Gasteiger partial charge in [-0.2, -0.15) is 0 Å². The Bertz CT molecular complexity index is 958. The zero-order valence-corrected chi connectivity index (χ0v) is 14.9. The van der Waals surface area contributed by atoms with E-state index in [0.717, 1.165) is 33.6 Å². The van der Waals surface area contributed by atoms with E-state index < -0.39 is 0 Å². The normalized spacial score (nSPS) is 10.8. The second-order valence-electron chi connectivity index (χ2n) is 5.45. The van der Waals surface area contributed by atoms with Crippen molar-refractivity contribution in [3.05, 3.63) is 59.1 Å². The van der Waals surface area contributed by atoms with Crippen LogP contribution in [0, 0.1) is 13.8 Å². The highest BCUT2D eigenvalue weighted by molar-refractivity contribution is 7.14. The maximum Gasteiger partial charge on any atom is 0.183 e. The number of hydrogen-bond donors (Lipinski definition) is 1. The van der Waals surface area contributed by atoms with Crippen LogP contribution < -0.4 is 5.32 Å². The SMILES string of the molecule is Cc1ccn2c(-c3csc(NCc4ccco4)n3)c(C)nc2c1.Cl. The Morgan fingerprint density at radius 3 is 2.92 bits per heavy atom. The first-order valence-electron chi connectivity index (χ1n) is 7.38. The van der Waals surface area contributed by atoms with Crippen molar-refractivity contribution in [2.45, 2.75) is 20.4 Å². The molecule has 4 aromatic heterocycles. The Morgan fingerprint density at radius 1 is 1.25 bits per heavy atom. The highest BCUT2D eigenvalue weighted by atomic mass is 35.5. The molecule has 0 aliphatic heterocycles. The van der Waals surface area contributed by atoms with Gasteiger partial charge in [-0.15, -0.1) is 23.7 Å². The molecule has 4 aromatic rings. The second-order valence-corrected chi connectivity index (χ2v) is 6.31. The zero-order valence-electron chi connectivity index (χ0n) is 13.3. The molecule has 4 heterocycles. The van der Waals surface area contributed by atoms with E-state index in [-0.39, 0.29) is 12.4 Å². The van der Waals surface area contributed by atoms with Crippen molar-refractivity contribution in [2.75, 3.05) is 5.32 Å². The number of aryl methyl sites for hydroxylation is 2. The molecule has 0 radical (unpaired) electrons. The van der Waals surface area contributed by atoms with Gasteiger partial charge in [-0.1, -0.05) is 0 Å². The van der Waals surface area contributed by atoms with Gasteiger partial charge in [0.05, 0.1) is 24.2 Å². The number of imidazole rings is 1. The van der Waals surface area contributed by atoms with Gasteiger partial charge >= 0.3 is 0 Å². The molecular weight excluding hydrogens is 344 g/mol. The lowest BCUT2D eigenvalue weighted by molar-refractivity contribution is 0.518. The Kier molecular flexibility index (Phi) is 4.59. The monoisotopic (exact) mass is 360 g/mol. The van der Waals surface area contributed by atoms with Crippen LogP contribution in [0.15, 0.2) is 46.5 Å². The minimum absolute atomic E-state index is 0. The van der Waals surface area contributed by atoms with Gasteiger partial charge in [-0.05, 0) is 43.7 Å². The lowest BCUT2D eigenvalue weighted by Gasteiger charge is -2.01. The molecule has 0 amide bonds. The minimum Gasteiger partial charge on any atom is -0.467 e. The predicted octanol–water partition coefficient (Wildman–Crippen LogP) is 4.70. The van der Waals surface area contributed by atoms with E-state index in [1.165, 1.54) is 5.56 Å². The molecular formula is C17H17ClN4OS. The third-order valence-electron chi connectivity index (χ3n) is 3.70. The summed E-state index contributed by atoms with van der Waals surface area (Å²) in [7, 11) is 0. The number of fused-ring (bicyclic) bond motifs is 1. The average Bonchev–Trinajstić information content (AvgIpc) is 3.23. The average molecular weight is 361 g/mol. The molecule has 0 aliphatic carbocycles. The van der Waals surface area contributed by atoms with Crippen molar-refractivity contribution in [1.29, 1.82) is 0 Å². The van der Waals surface area contributed by atoms with E-state index in [1.807, 2.05) is 19.1 Å². The Labute approximate surface area is 149 Å². The summed E-state index contributed by atoms with van der Waals surface area (Å²) in [6.07, 6.45) is 3.73. The molecule has 7 heteroatoms. The van der Waals surface area contributed by atoms with Gasteiger partial charge in [0, 0.05) is 11.6 Å². The summed E-state index contributed by atoms with van der Waals surface area (Å²) in [6, 6.07) is 7.99. The van der Waals surface area contributed by atoms with E-state index in [9.17, 15) is 0 Å². The van der Waals surface area contributed by atoms with Crippen molar-refractivity contribution in [3.8, 4) is 11.4 Å². The van der Waals surface area contributed by atoms with Crippen molar-refractivity contribution in [1.82, 2.24) is 14.4 Å². The molecule has 0 aliphatic rings. The molecule has 0 fully saturated rings. The fraction of sp³-hybridized carbons (Fsp3) is 0.176. The first-order chi connectivity index (χ1) is 11.2. The predicted molar refractivity (Wildman–Crippen MR) is 99.1 cm³/mol. The highest BCUT2D eigenvalue weighted by Gasteiger charge is 2.14. The summed E-state index contributed by atoms with van der Waals surface area (Å²) in [4.78, 5) is 9.33. The molecule has 0 aromatic carbocycles. The molecule has 5 nitrogen and oxygen atoms in total. The van der Waals surface area contributed by atoms with Gasteiger partial charge in [0.25, 0.3) is 0 Å². The lowest BCUT2D eigenvalue weighted by atomic mass is 10.2. The summed E-state index contributed by atoms with van der Waals surface area (Å²) in [5.41, 5.74) is 5.12. The molecule has 4 rings (SSSR count). The number of halogens is 1. The molecule has 0 bridgehead atoms. The van der Waals surface area contributed by atoms with E-state index in [2.05, 4.69) is 45.3 Å². The zero-order chi connectivity index (χ0) is 15.8. The van der Waals surface area contributed by atoms with Gasteiger partial charge in [0.1, 0.15) is 17.1 Å². The fourth-order valence-electron chi connectivity index (χ4n) is 2.61. The number of anilines is 1. The number of rotatable bonds is 4. The maximum atomic E-state index is 5.32. The summed E-state index contributed by atoms with van der Waals surface area (Å²) < 4.78 is 7.41. The first-order valence-corrected chi connectivity index (χ1v) is 8.26. The second kappa shape index (κ2) is 6.67. The Morgan fingerprint density at radius 2 is 2.12 bits per heavy atom. The standard InChI is InChI=1S/C17H16N4OS.ClH/c1-11-5-6-21-15(8-11)19-12(2)16(21)14-10-23-17(20-14)18-9-13-4-3-7-22-13;/h3-8,10H,9H2,1-2H3,(H,18,20);1H. The Hall–Kier alpha value is -2.31. The van der Waals surface area contributed by atoms with Crippen molar-refractivity contribution >= 4 is 34.5 Å². The molecule has 1 N–H and O–H groups in total. The largest absolute Gasteiger partial charge is 0.467 e. The summed E-state index contributed by atoms with van der Waals surface area (Å²) in [5.74, 6) is 0.892. The number of thiazole rings is 1. The quantitative estimate of drug-likeness (QED) is 0.573. The number of nitrogens with zero attached hydrogens (tertiary/aromatic N) is 3. The summed E-state index contributed by atoms with van der Waals surface area (Å²) in [5, 5.41) is 6.22.